The van der Waals surface area contributed by atoms with Crippen molar-refractivity contribution in [2.75, 3.05) is 0 Å². The van der Waals surface area contributed by atoms with E-state index >= 15 is 0 Å². The van der Waals surface area contributed by atoms with Crippen LogP contribution in [0.5, 0.6) is 11.5 Å². The molecule has 0 amide bonds. The van der Waals surface area contributed by atoms with Crippen molar-refractivity contribution in [3.8, 4) is 78.3 Å². The highest BCUT2D eigenvalue weighted by Crippen LogP contribution is 2.58. The SMILES string of the molecule is CCCCCCCCn1nc2c(-c3ccc4c(c3)C(CCCCCCCC)(CCCCCCCC)c3cc(-c5ccc(OC(C)C)cc5)ccc3-4)ccc(-c3ccc4c(c3)C(CCCCCCCC)(CCCCCCCC)c3cc(-c5ccc(OC(C)C)cc5)ccc3-4)c2n1. The van der Waals surface area contributed by atoms with Crippen LogP contribution in [0.15, 0.2) is 133 Å². The molecule has 2 aliphatic rings. The number of ether oxygens (including phenoxy) is 2. The summed E-state index contributed by atoms with van der Waals surface area (Å²) in [6.45, 7) is 20.9. The number of aromatic nitrogens is 3. The minimum absolute atomic E-state index is 0.103. The number of unbranched alkanes of at least 4 members (excludes halogenated alkanes) is 25. The molecule has 0 atom stereocenters. The van der Waals surface area contributed by atoms with Gasteiger partial charge in [0.2, 0.25) is 0 Å². The van der Waals surface area contributed by atoms with Gasteiger partial charge in [-0.15, -0.1) is 0 Å². The van der Waals surface area contributed by atoms with Gasteiger partial charge in [-0.1, -0.05) is 306 Å². The molecule has 8 aromatic rings. The molecule has 0 unspecified atom stereocenters. The normalized spacial score (nSPS) is 13.5. The first-order valence-corrected chi connectivity index (χ1v) is 39.1. The van der Waals surface area contributed by atoms with Crippen molar-refractivity contribution in [3.63, 3.8) is 0 Å². The summed E-state index contributed by atoms with van der Waals surface area (Å²) in [5, 5.41) is 11.3. The standard InChI is InChI=1S/C90H121N3O2/c1-10-15-20-25-30-35-58-89(59-36-31-26-21-16-11-2)83-63-71(69-40-48-75(49-41-69)94-67(6)7)44-52-79(83)81-54-46-73(65-85(81)89)77-56-57-78(88-87(77)91-93(92-88)62-39-34-29-24-19-14-5)74-47-55-82-80-53-45-72(70-42-50-76(51-43-70)95-68(8)9)64-84(80)90(86(82)66-74,60-37-32-27-22-17-12-3)61-38-33-28-23-18-13-4/h40-57,63-68H,10-39,58-62H2,1-9H3. The number of aryl methyl sites for hydroxylation is 1. The van der Waals surface area contributed by atoms with Gasteiger partial charge in [0.15, 0.2) is 0 Å². The van der Waals surface area contributed by atoms with Crippen molar-refractivity contribution in [3.05, 3.63) is 156 Å². The molecule has 0 saturated carbocycles. The first kappa shape index (κ1) is 71.3. The highest BCUT2D eigenvalue weighted by Gasteiger charge is 2.44. The van der Waals surface area contributed by atoms with Crippen LogP contribution in [-0.2, 0) is 17.4 Å². The third-order valence-corrected chi connectivity index (χ3v) is 21.6. The molecule has 0 spiro atoms. The first-order valence-electron chi connectivity index (χ1n) is 39.1. The molecule has 0 aliphatic heterocycles. The van der Waals surface area contributed by atoms with Gasteiger partial charge >= 0.3 is 0 Å². The van der Waals surface area contributed by atoms with Gasteiger partial charge in [-0.2, -0.15) is 15.0 Å². The van der Waals surface area contributed by atoms with E-state index in [4.69, 9.17) is 19.7 Å². The number of benzene rings is 7. The Balaban J connectivity index is 1.09. The fourth-order valence-corrected chi connectivity index (χ4v) is 16.5. The molecule has 7 aromatic carbocycles. The summed E-state index contributed by atoms with van der Waals surface area (Å²) in [4.78, 5) is 2.08. The zero-order valence-corrected chi connectivity index (χ0v) is 60.8. The van der Waals surface area contributed by atoms with Gasteiger partial charge in [-0.3, -0.25) is 0 Å². The first-order chi connectivity index (χ1) is 46.5. The van der Waals surface area contributed by atoms with Crippen molar-refractivity contribution in [2.45, 2.75) is 310 Å². The highest BCUT2D eigenvalue weighted by atomic mass is 16.5. The maximum Gasteiger partial charge on any atom is 0.121 e. The van der Waals surface area contributed by atoms with Crippen molar-refractivity contribution in [1.29, 1.82) is 0 Å². The molecule has 0 radical (unpaired) electrons. The van der Waals surface area contributed by atoms with Crippen LogP contribution in [0, 0.1) is 0 Å². The van der Waals surface area contributed by atoms with E-state index in [-0.39, 0.29) is 23.0 Å². The largest absolute Gasteiger partial charge is 0.491 e. The third-order valence-electron chi connectivity index (χ3n) is 21.6. The molecule has 508 valence electrons. The molecule has 1 aromatic heterocycles. The minimum atomic E-state index is -0.103. The second kappa shape index (κ2) is 35.7. The number of nitrogens with zero attached hydrogens (tertiary/aromatic N) is 3. The summed E-state index contributed by atoms with van der Waals surface area (Å²) in [6, 6.07) is 52.7. The lowest BCUT2D eigenvalue weighted by Gasteiger charge is -2.33. The molecule has 2 aliphatic carbocycles. The molecule has 5 nitrogen and oxygen atoms in total. The van der Waals surface area contributed by atoms with E-state index < -0.39 is 0 Å². The topological polar surface area (TPSA) is 49.2 Å². The molecule has 95 heavy (non-hydrogen) atoms. The van der Waals surface area contributed by atoms with Gasteiger partial charge in [0.1, 0.15) is 22.5 Å². The van der Waals surface area contributed by atoms with E-state index in [0.29, 0.717) is 0 Å². The molecule has 0 fully saturated rings. The van der Waals surface area contributed by atoms with Gasteiger partial charge in [0, 0.05) is 22.0 Å². The lowest BCUT2D eigenvalue weighted by molar-refractivity contribution is 0.242. The monoisotopic (exact) mass is 1280 g/mol. The Morgan fingerprint density at radius 1 is 0.284 bits per heavy atom. The Labute approximate surface area is 576 Å². The maximum atomic E-state index is 6.14. The van der Waals surface area contributed by atoms with Crippen LogP contribution in [0.4, 0.5) is 0 Å². The van der Waals surface area contributed by atoms with Crippen molar-refractivity contribution in [2.24, 2.45) is 0 Å². The maximum absolute atomic E-state index is 6.14. The Kier molecular flexibility index (Phi) is 26.8. The lowest BCUT2D eigenvalue weighted by Crippen LogP contribution is -2.25. The average Bonchev–Trinajstić information content (AvgIpc) is 1.61. The predicted molar refractivity (Wildman–Crippen MR) is 409 cm³/mol. The molecular formula is C90H121N3O2. The Bertz CT molecular complexity index is 3380. The van der Waals surface area contributed by atoms with Crippen LogP contribution in [0.2, 0.25) is 0 Å². The number of fused-ring (bicyclic) bond motifs is 7. The molecule has 1 heterocycles. The molecule has 0 bridgehead atoms. The third kappa shape index (κ3) is 17.6. The van der Waals surface area contributed by atoms with Gasteiger partial charge in [0.25, 0.3) is 0 Å². The Morgan fingerprint density at radius 3 is 0.842 bits per heavy atom. The lowest BCUT2D eigenvalue weighted by atomic mass is 9.69. The van der Waals surface area contributed by atoms with E-state index in [2.05, 4.69) is 201 Å². The fraction of sp³-hybridized carbons (Fsp3) is 0.533. The molecule has 0 saturated heterocycles. The molecular weight excluding hydrogens is 1160 g/mol. The molecule has 0 N–H and O–H groups in total. The smallest absolute Gasteiger partial charge is 0.121 e. The van der Waals surface area contributed by atoms with E-state index in [1.807, 2.05) is 0 Å². The molecule has 5 heteroatoms. The number of hydrogen-bond acceptors (Lipinski definition) is 4. The van der Waals surface area contributed by atoms with E-state index in [1.165, 1.54) is 275 Å². The average molecular weight is 1280 g/mol. The number of rotatable bonds is 43. The quantitative estimate of drug-likeness (QED) is 0.0357. The van der Waals surface area contributed by atoms with Crippen LogP contribution >= 0.6 is 0 Å². The van der Waals surface area contributed by atoms with Crippen molar-refractivity contribution in [1.82, 2.24) is 15.0 Å². The van der Waals surface area contributed by atoms with Gasteiger partial charge in [-0.25, -0.2) is 0 Å². The molecule has 10 rings (SSSR count). The summed E-state index contributed by atoms with van der Waals surface area (Å²) >= 11 is 0. The fourth-order valence-electron chi connectivity index (χ4n) is 16.5. The zero-order valence-electron chi connectivity index (χ0n) is 60.8. The minimum Gasteiger partial charge on any atom is -0.491 e. The second-order valence-electron chi connectivity index (χ2n) is 29.6. The zero-order chi connectivity index (χ0) is 66.4. The van der Waals surface area contributed by atoms with Gasteiger partial charge < -0.3 is 9.47 Å². The van der Waals surface area contributed by atoms with Crippen LogP contribution in [0.25, 0.3) is 77.8 Å². The van der Waals surface area contributed by atoms with Crippen molar-refractivity contribution < 1.29 is 9.47 Å². The summed E-state index contributed by atoms with van der Waals surface area (Å²) in [5.74, 6) is 1.86. The summed E-state index contributed by atoms with van der Waals surface area (Å²) < 4.78 is 12.3. The predicted octanol–water partition coefficient (Wildman–Crippen LogP) is 27.6. The Morgan fingerprint density at radius 2 is 0.537 bits per heavy atom. The summed E-state index contributed by atoms with van der Waals surface area (Å²) in [5.41, 5.74) is 23.6. The van der Waals surface area contributed by atoms with Crippen LogP contribution < -0.4 is 9.47 Å². The van der Waals surface area contributed by atoms with Crippen LogP contribution in [0.1, 0.15) is 303 Å². The van der Waals surface area contributed by atoms with Gasteiger partial charge in [-0.05, 0) is 186 Å². The second-order valence-corrected chi connectivity index (χ2v) is 29.6. The Hall–Kier alpha value is -6.46. The number of hydrogen-bond donors (Lipinski definition) is 0. The van der Waals surface area contributed by atoms with Crippen LogP contribution in [0.3, 0.4) is 0 Å². The highest BCUT2D eigenvalue weighted by molar-refractivity contribution is 6.02. The van der Waals surface area contributed by atoms with Crippen molar-refractivity contribution >= 4 is 11.0 Å². The summed E-state index contributed by atoms with van der Waals surface area (Å²) in [6.07, 6.45) is 43.3. The van der Waals surface area contributed by atoms with E-state index in [0.717, 1.165) is 61.2 Å². The van der Waals surface area contributed by atoms with E-state index in [1.54, 1.807) is 0 Å². The van der Waals surface area contributed by atoms with Crippen LogP contribution in [-0.4, -0.2) is 27.2 Å². The van der Waals surface area contributed by atoms with Gasteiger partial charge in [0.05, 0.1) is 18.8 Å². The summed E-state index contributed by atoms with van der Waals surface area (Å²) in [7, 11) is 0. The van der Waals surface area contributed by atoms with E-state index in [9.17, 15) is 0 Å².